The minimum absolute atomic E-state index is 0. The zero-order chi connectivity index (χ0) is 18.4. The molecule has 27 heavy (non-hydrogen) atoms. The molecule has 1 fully saturated rings. The molecule has 5 nitrogen and oxygen atoms in total. The van der Waals surface area contributed by atoms with Crippen LogP contribution in [0.1, 0.15) is 41.1 Å². The number of thiazole rings is 1. The van der Waals surface area contributed by atoms with Gasteiger partial charge in [0.15, 0.2) is 5.96 Å². The topological polar surface area (TPSA) is 58.5 Å². The van der Waals surface area contributed by atoms with E-state index in [1.165, 1.54) is 36.1 Å². The molecule has 0 spiro atoms. The maximum atomic E-state index is 5.43. The Morgan fingerprint density at radius 2 is 2.07 bits per heavy atom. The largest absolute Gasteiger partial charge is 0.497 e. The van der Waals surface area contributed by atoms with Gasteiger partial charge in [-0.3, -0.25) is 4.99 Å². The molecule has 0 saturated heterocycles. The van der Waals surface area contributed by atoms with Gasteiger partial charge in [0.05, 0.1) is 13.7 Å². The van der Waals surface area contributed by atoms with Crippen LogP contribution in [-0.4, -0.2) is 31.6 Å². The van der Waals surface area contributed by atoms with E-state index in [1.807, 2.05) is 19.3 Å². The minimum atomic E-state index is 0. The minimum Gasteiger partial charge on any atom is -0.497 e. The molecule has 1 aromatic heterocycles. The van der Waals surface area contributed by atoms with Crippen LogP contribution in [0.3, 0.4) is 0 Å². The molecule has 1 heterocycles. The Morgan fingerprint density at radius 1 is 1.30 bits per heavy atom. The van der Waals surface area contributed by atoms with E-state index in [4.69, 9.17) is 4.74 Å². The summed E-state index contributed by atoms with van der Waals surface area (Å²) in [5.41, 5.74) is 1.50. The SMILES string of the molecule is CN=C(NCc1ncc(C)s1)NCC1(c2cccc(OC)c2)CCCC1.I. The standard InChI is InChI=1S/C20H28N4OS.HI/c1-15-12-22-18(26-15)13-23-19(21-2)24-14-20(9-4-5-10-20)16-7-6-8-17(11-16)25-3;/h6-8,11-12H,4-5,9-10,13-14H2,1-3H3,(H2,21,23,24);1H. The van der Waals surface area contributed by atoms with Gasteiger partial charge in [0.25, 0.3) is 0 Å². The highest BCUT2D eigenvalue weighted by Gasteiger charge is 2.36. The molecule has 0 atom stereocenters. The molecule has 148 valence electrons. The van der Waals surface area contributed by atoms with Crippen molar-refractivity contribution in [3.8, 4) is 5.75 Å². The van der Waals surface area contributed by atoms with Crippen LogP contribution < -0.4 is 15.4 Å². The quantitative estimate of drug-likeness (QED) is 0.354. The second-order valence-corrected chi connectivity index (χ2v) is 8.18. The van der Waals surface area contributed by atoms with E-state index in [2.05, 4.69) is 45.7 Å². The predicted molar refractivity (Wildman–Crippen MR) is 124 cm³/mol. The Balaban J connectivity index is 0.00000261. The van der Waals surface area contributed by atoms with Gasteiger partial charge in [-0.05, 0) is 37.5 Å². The Kier molecular flexibility index (Phi) is 8.34. The number of aliphatic imine (C=N–C) groups is 1. The normalized spacial score (nSPS) is 15.9. The summed E-state index contributed by atoms with van der Waals surface area (Å²) in [4.78, 5) is 10.0. The van der Waals surface area contributed by atoms with Gasteiger partial charge in [0.2, 0.25) is 0 Å². The fraction of sp³-hybridized carbons (Fsp3) is 0.500. The molecular formula is C20H29IN4OS. The van der Waals surface area contributed by atoms with Crippen molar-refractivity contribution in [1.29, 1.82) is 0 Å². The molecule has 2 aromatic rings. The predicted octanol–water partition coefficient (Wildman–Crippen LogP) is 4.26. The molecule has 0 radical (unpaired) electrons. The average molecular weight is 500 g/mol. The van der Waals surface area contributed by atoms with E-state index in [0.29, 0.717) is 6.54 Å². The molecule has 2 N–H and O–H groups in total. The smallest absolute Gasteiger partial charge is 0.191 e. The number of hydrogen-bond donors (Lipinski definition) is 2. The van der Waals surface area contributed by atoms with Gasteiger partial charge in [0, 0.05) is 30.1 Å². The van der Waals surface area contributed by atoms with Gasteiger partial charge >= 0.3 is 0 Å². The molecule has 0 unspecified atom stereocenters. The van der Waals surface area contributed by atoms with E-state index in [1.54, 1.807) is 18.4 Å². The molecule has 1 aliphatic rings. The number of nitrogens with zero attached hydrogens (tertiary/aromatic N) is 2. The summed E-state index contributed by atoms with van der Waals surface area (Å²) in [6.07, 6.45) is 6.83. The zero-order valence-corrected chi connectivity index (χ0v) is 19.4. The highest BCUT2D eigenvalue weighted by molar-refractivity contribution is 14.0. The van der Waals surface area contributed by atoms with E-state index >= 15 is 0 Å². The summed E-state index contributed by atoms with van der Waals surface area (Å²) >= 11 is 1.71. The maximum Gasteiger partial charge on any atom is 0.191 e. The number of aromatic nitrogens is 1. The lowest BCUT2D eigenvalue weighted by atomic mass is 9.78. The Labute approximate surface area is 183 Å². The van der Waals surface area contributed by atoms with Crippen LogP contribution in [0, 0.1) is 6.92 Å². The van der Waals surface area contributed by atoms with Gasteiger partial charge in [-0.2, -0.15) is 0 Å². The third-order valence-corrected chi connectivity index (χ3v) is 6.05. The molecule has 1 saturated carbocycles. The zero-order valence-electron chi connectivity index (χ0n) is 16.2. The number of guanidine groups is 1. The van der Waals surface area contributed by atoms with E-state index in [9.17, 15) is 0 Å². The van der Waals surface area contributed by atoms with E-state index in [-0.39, 0.29) is 29.4 Å². The average Bonchev–Trinajstić information content (AvgIpc) is 3.32. The molecule has 1 aliphatic carbocycles. The summed E-state index contributed by atoms with van der Waals surface area (Å²) < 4.78 is 5.43. The first-order valence-electron chi connectivity index (χ1n) is 9.15. The Bertz CT molecular complexity index is 756. The molecular weight excluding hydrogens is 471 g/mol. The van der Waals surface area contributed by atoms with Gasteiger partial charge in [-0.1, -0.05) is 25.0 Å². The number of benzene rings is 1. The number of ether oxygens (including phenoxy) is 1. The highest BCUT2D eigenvalue weighted by Crippen LogP contribution is 2.41. The van der Waals surface area contributed by atoms with Crippen molar-refractivity contribution in [2.24, 2.45) is 4.99 Å². The van der Waals surface area contributed by atoms with E-state index in [0.717, 1.165) is 23.3 Å². The number of hydrogen-bond acceptors (Lipinski definition) is 4. The number of halogens is 1. The van der Waals surface area contributed by atoms with Gasteiger partial charge in [0.1, 0.15) is 10.8 Å². The molecule has 7 heteroatoms. The van der Waals surface area contributed by atoms with Crippen LogP contribution in [0.15, 0.2) is 35.5 Å². The summed E-state index contributed by atoms with van der Waals surface area (Å²) in [5, 5.41) is 7.99. The lowest BCUT2D eigenvalue weighted by Crippen LogP contribution is -2.44. The molecule has 3 rings (SSSR count). The van der Waals surface area contributed by atoms with Crippen molar-refractivity contribution in [3.05, 3.63) is 45.9 Å². The summed E-state index contributed by atoms with van der Waals surface area (Å²) in [6.45, 7) is 3.65. The third-order valence-electron chi connectivity index (χ3n) is 5.14. The van der Waals surface area contributed by atoms with Crippen LogP contribution in [0.25, 0.3) is 0 Å². The van der Waals surface area contributed by atoms with Crippen LogP contribution in [0.5, 0.6) is 5.75 Å². The Hall–Kier alpha value is -1.35. The third kappa shape index (κ3) is 5.57. The van der Waals surface area contributed by atoms with Crippen molar-refractivity contribution in [2.75, 3.05) is 20.7 Å². The summed E-state index contributed by atoms with van der Waals surface area (Å²) in [5.74, 6) is 1.75. The van der Waals surface area contributed by atoms with Crippen molar-refractivity contribution in [1.82, 2.24) is 15.6 Å². The van der Waals surface area contributed by atoms with Crippen molar-refractivity contribution >= 4 is 41.3 Å². The highest BCUT2D eigenvalue weighted by atomic mass is 127. The number of aryl methyl sites for hydroxylation is 1. The second kappa shape index (κ2) is 10.3. The van der Waals surface area contributed by atoms with Crippen molar-refractivity contribution in [3.63, 3.8) is 0 Å². The van der Waals surface area contributed by atoms with Crippen LogP contribution >= 0.6 is 35.3 Å². The van der Waals surface area contributed by atoms with Gasteiger partial charge in [-0.25, -0.2) is 4.98 Å². The fourth-order valence-corrected chi connectivity index (χ4v) is 4.42. The molecule has 0 bridgehead atoms. The first-order valence-corrected chi connectivity index (χ1v) is 9.97. The molecule has 0 amide bonds. The molecule has 1 aromatic carbocycles. The van der Waals surface area contributed by atoms with E-state index < -0.39 is 0 Å². The first kappa shape index (κ1) is 21.9. The van der Waals surface area contributed by atoms with Gasteiger partial charge in [-0.15, -0.1) is 35.3 Å². The monoisotopic (exact) mass is 500 g/mol. The molecule has 0 aliphatic heterocycles. The lowest BCUT2D eigenvalue weighted by molar-refractivity contribution is 0.404. The van der Waals surface area contributed by atoms with Gasteiger partial charge < -0.3 is 15.4 Å². The summed E-state index contributed by atoms with van der Waals surface area (Å²) in [6, 6.07) is 8.51. The van der Waals surface area contributed by atoms with Crippen LogP contribution in [0.2, 0.25) is 0 Å². The van der Waals surface area contributed by atoms with Crippen LogP contribution in [-0.2, 0) is 12.0 Å². The summed E-state index contributed by atoms with van der Waals surface area (Å²) in [7, 11) is 3.54. The van der Waals surface area contributed by atoms with Crippen molar-refractivity contribution < 1.29 is 4.74 Å². The lowest BCUT2D eigenvalue weighted by Gasteiger charge is -2.31. The first-order chi connectivity index (χ1) is 12.6. The number of rotatable bonds is 6. The second-order valence-electron chi connectivity index (χ2n) is 6.86. The number of nitrogens with one attached hydrogen (secondary N) is 2. The maximum absolute atomic E-state index is 5.43. The van der Waals surface area contributed by atoms with Crippen LogP contribution in [0.4, 0.5) is 0 Å². The Morgan fingerprint density at radius 3 is 2.70 bits per heavy atom. The fourth-order valence-electron chi connectivity index (χ4n) is 3.69. The van der Waals surface area contributed by atoms with Crippen molar-refractivity contribution in [2.45, 2.75) is 44.6 Å². The number of methoxy groups -OCH3 is 1.